The molecule has 142 valence electrons. The Morgan fingerprint density at radius 1 is 0.625 bits per heavy atom. The summed E-state index contributed by atoms with van der Waals surface area (Å²) in [6.45, 7) is 3.52. The summed E-state index contributed by atoms with van der Waals surface area (Å²) in [4.78, 5) is 22.9. The maximum absolute atomic E-state index is 11.5. The van der Waals surface area contributed by atoms with Crippen LogP contribution in [0.15, 0.2) is 0 Å². The molecular formula is C19H36O5. The Morgan fingerprint density at radius 2 is 1.12 bits per heavy atom. The second-order valence-electron chi connectivity index (χ2n) is 6.12. The van der Waals surface area contributed by atoms with E-state index in [1.807, 2.05) is 0 Å². The van der Waals surface area contributed by atoms with Crippen LogP contribution in [-0.2, 0) is 23.8 Å². The van der Waals surface area contributed by atoms with E-state index in [0.717, 1.165) is 51.4 Å². The van der Waals surface area contributed by atoms with Gasteiger partial charge in [0.05, 0.1) is 13.2 Å². The van der Waals surface area contributed by atoms with Crippen molar-refractivity contribution in [3.05, 3.63) is 0 Å². The Kier molecular flexibility index (Phi) is 17.4. The van der Waals surface area contributed by atoms with E-state index in [9.17, 15) is 9.59 Å². The van der Waals surface area contributed by atoms with Crippen LogP contribution in [0.4, 0.5) is 0 Å². The zero-order chi connectivity index (χ0) is 17.9. The van der Waals surface area contributed by atoms with Gasteiger partial charge in [-0.05, 0) is 19.3 Å². The summed E-state index contributed by atoms with van der Waals surface area (Å²) in [5.74, 6) is -0.209. The number of rotatable bonds is 17. The Balaban J connectivity index is 3.24. The molecule has 0 saturated heterocycles. The summed E-state index contributed by atoms with van der Waals surface area (Å²) in [5, 5.41) is 0. The molecular weight excluding hydrogens is 308 g/mol. The number of methoxy groups -OCH3 is 1. The first-order valence-corrected chi connectivity index (χ1v) is 9.50. The third-order valence-corrected chi connectivity index (χ3v) is 3.82. The van der Waals surface area contributed by atoms with Gasteiger partial charge >= 0.3 is 11.9 Å². The Labute approximate surface area is 147 Å². The maximum Gasteiger partial charge on any atom is 0.305 e. The topological polar surface area (TPSA) is 61.8 Å². The van der Waals surface area contributed by atoms with E-state index in [2.05, 4.69) is 6.92 Å². The molecule has 0 bridgehead atoms. The molecule has 24 heavy (non-hydrogen) atoms. The van der Waals surface area contributed by atoms with E-state index >= 15 is 0 Å². The fraction of sp³-hybridized carbons (Fsp3) is 0.895. The highest BCUT2D eigenvalue weighted by atomic mass is 16.6. The summed E-state index contributed by atoms with van der Waals surface area (Å²) in [7, 11) is 1.58. The minimum Gasteiger partial charge on any atom is -0.466 e. The van der Waals surface area contributed by atoms with Crippen LogP contribution in [0.3, 0.4) is 0 Å². The molecule has 0 fully saturated rings. The van der Waals surface area contributed by atoms with Gasteiger partial charge in [-0.1, -0.05) is 51.9 Å². The fourth-order valence-electron chi connectivity index (χ4n) is 2.34. The molecule has 0 amide bonds. The molecule has 0 aromatic rings. The van der Waals surface area contributed by atoms with Gasteiger partial charge in [0.25, 0.3) is 0 Å². The van der Waals surface area contributed by atoms with Crippen LogP contribution in [0.1, 0.15) is 84.0 Å². The predicted octanol–water partition coefficient (Wildman–Crippen LogP) is 4.42. The van der Waals surface area contributed by atoms with E-state index in [1.165, 1.54) is 12.8 Å². The van der Waals surface area contributed by atoms with Gasteiger partial charge in [0.2, 0.25) is 0 Å². The lowest BCUT2D eigenvalue weighted by Gasteiger charge is -2.05. The quantitative estimate of drug-likeness (QED) is 0.289. The van der Waals surface area contributed by atoms with Crippen molar-refractivity contribution >= 4 is 11.9 Å². The molecule has 0 spiro atoms. The van der Waals surface area contributed by atoms with Gasteiger partial charge in [0.1, 0.15) is 6.61 Å². The molecule has 0 aliphatic heterocycles. The molecule has 0 unspecified atom stereocenters. The van der Waals surface area contributed by atoms with Crippen molar-refractivity contribution < 1.29 is 23.8 Å². The summed E-state index contributed by atoms with van der Waals surface area (Å²) >= 11 is 0. The van der Waals surface area contributed by atoms with E-state index in [0.29, 0.717) is 32.7 Å². The van der Waals surface area contributed by atoms with Crippen LogP contribution >= 0.6 is 0 Å². The molecule has 5 heteroatoms. The average Bonchev–Trinajstić information content (AvgIpc) is 2.57. The molecule has 0 aromatic carbocycles. The lowest BCUT2D eigenvalue weighted by molar-refractivity contribution is -0.145. The highest BCUT2D eigenvalue weighted by Crippen LogP contribution is 2.10. The first kappa shape index (κ1) is 22.9. The Morgan fingerprint density at radius 3 is 1.67 bits per heavy atom. The number of hydrogen-bond acceptors (Lipinski definition) is 5. The average molecular weight is 344 g/mol. The third kappa shape index (κ3) is 17.3. The van der Waals surface area contributed by atoms with Gasteiger partial charge in [-0.25, -0.2) is 0 Å². The van der Waals surface area contributed by atoms with Crippen LogP contribution < -0.4 is 0 Å². The van der Waals surface area contributed by atoms with E-state index < -0.39 is 0 Å². The zero-order valence-corrected chi connectivity index (χ0v) is 15.6. The normalized spacial score (nSPS) is 10.6. The van der Waals surface area contributed by atoms with Crippen LogP contribution in [0.25, 0.3) is 0 Å². The van der Waals surface area contributed by atoms with Gasteiger partial charge in [-0.3, -0.25) is 9.59 Å². The van der Waals surface area contributed by atoms with Crippen LogP contribution in [0.2, 0.25) is 0 Å². The van der Waals surface area contributed by atoms with Crippen molar-refractivity contribution in [1.29, 1.82) is 0 Å². The zero-order valence-electron chi connectivity index (χ0n) is 15.6. The first-order valence-electron chi connectivity index (χ1n) is 9.50. The lowest BCUT2D eigenvalue weighted by Crippen LogP contribution is -2.09. The summed E-state index contributed by atoms with van der Waals surface area (Å²) in [5.41, 5.74) is 0. The Bertz CT molecular complexity index is 304. The number of carbonyl (C=O) groups excluding carboxylic acids is 2. The van der Waals surface area contributed by atoms with Gasteiger partial charge in [-0.15, -0.1) is 0 Å². The van der Waals surface area contributed by atoms with E-state index in [-0.39, 0.29) is 11.9 Å². The Hall–Kier alpha value is -1.10. The monoisotopic (exact) mass is 344 g/mol. The molecule has 0 N–H and O–H groups in total. The second-order valence-corrected chi connectivity index (χ2v) is 6.12. The molecule has 0 aliphatic carbocycles. The predicted molar refractivity (Wildman–Crippen MR) is 94.9 cm³/mol. The minimum atomic E-state index is -0.145. The molecule has 0 atom stereocenters. The van der Waals surface area contributed by atoms with Crippen molar-refractivity contribution in [3.63, 3.8) is 0 Å². The molecule has 0 radical (unpaired) electrons. The minimum absolute atomic E-state index is 0.0645. The maximum atomic E-state index is 11.5. The standard InChI is InChI=1S/C19H36O5/c1-3-4-5-12-15-23-18(20)13-10-8-6-7-9-11-14-19(21)24-17-16-22-2/h3-17H2,1-2H3. The first-order chi connectivity index (χ1) is 11.7. The van der Waals surface area contributed by atoms with Crippen molar-refractivity contribution in [2.24, 2.45) is 0 Å². The van der Waals surface area contributed by atoms with Crippen molar-refractivity contribution in [2.75, 3.05) is 26.9 Å². The van der Waals surface area contributed by atoms with Crippen molar-refractivity contribution in [3.8, 4) is 0 Å². The van der Waals surface area contributed by atoms with Crippen LogP contribution in [-0.4, -0.2) is 38.9 Å². The van der Waals surface area contributed by atoms with Gasteiger partial charge < -0.3 is 14.2 Å². The molecule has 0 rings (SSSR count). The van der Waals surface area contributed by atoms with Crippen LogP contribution in [0.5, 0.6) is 0 Å². The van der Waals surface area contributed by atoms with Crippen molar-refractivity contribution in [1.82, 2.24) is 0 Å². The number of unbranched alkanes of at least 4 members (excludes halogenated alkanes) is 8. The summed E-state index contributed by atoms with van der Waals surface area (Å²) in [6, 6.07) is 0. The van der Waals surface area contributed by atoms with E-state index in [1.54, 1.807) is 7.11 Å². The summed E-state index contributed by atoms with van der Waals surface area (Å²) in [6.07, 6.45) is 11.6. The smallest absolute Gasteiger partial charge is 0.305 e. The van der Waals surface area contributed by atoms with Gasteiger partial charge in [0.15, 0.2) is 0 Å². The molecule has 0 heterocycles. The largest absolute Gasteiger partial charge is 0.466 e. The second kappa shape index (κ2) is 18.2. The SMILES string of the molecule is CCCCCCOC(=O)CCCCCCCCC(=O)OCCOC. The van der Waals surface area contributed by atoms with E-state index in [4.69, 9.17) is 14.2 Å². The van der Waals surface area contributed by atoms with Crippen molar-refractivity contribution in [2.45, 2.75) is 84.0 Å². The molecule has 5 nitrogen and oxygen atoms in total. The third-order valence-electron chi connectivity index (χ3n) is 3.82. The lowest BCUT2D eigenvalue weighted by atomic mass is 10.1. The molecule has 0 aliphatic rings. The highest BCUT2D eigenvalue weighted by molar-refractivity contribution is 5.69. The summed E-state index contributed by atoms with van der Waals surface area (Å²) < 4.78 is 15.0. The van der Waals surface area contributed by atoms with Gasteiger partial charge in [0, 0.05) is 20.0 Å². The van der Waals surface area contributed by atoms with Crippen LogP contribution in [0, 0.1) is 0 Å². The molecule has 0 aromatic heterocycles. The number of ether oxygens (including phenoxy) is 3. The molecule has 0 saturated carbocycles. The number of hydrogen-bond donors (Lipinski definition) is 0. The van der Waals surface area contributed by atoms with Gasteiger partial charge in [-0.2, -0.15) is 0 Å². The highest BCUT2D eigenvalue weighted by Gasteiger charge is 2.04. The number of esters is 2. The fourth-order valence-corrected chi connectivity index (χ4v) is 2.34. The number of carbonyl (C=O) groups is 2.